The number of aryl methyl sites for hydroxylation is 1. The SMILES string of the molecule is CCOc1ccc(CC)cc1C(O)CC. The maximum Gasteiger partial charge on any atom is 0.125 e. The number of aliphatic hydroxyl groups is 1. The van der Waals surface area contributed by atoms with Gasteiger partial charge in [0.05, 0.1) is 12.7 Å². The first kappa shape index (κ1) is 12.1. The van der Waals surface area contributed by atoms with Crippen LogP contribution in [0.3, 0.4) is 0 Å². The van der Waals surface area contributed by atoms with Crippen molar-refractivity contribution >= 4 is 0 Å². The van der Waals surface area contributed by atoms with E-state index in [9.17, 15) is 5.11 Å². The molecular formula is C13H20O2. The molecule has 0 spiro atoms. The summed E-state index contributed by atoms with van der Waals surface area (Å²) in [6.07, 6.45) is 1.28. The maximum atomic E-state index is 9.88. The van der Waals surface area contributed by atoms with Crippen LogP contribution in [0.2, 0.25) is 0 Å². The van der Waals surface area contributed by atoms with E-state index in [4.69, 9.17) is 4.74 Å². The normalized spacial score (nSPS) is 12.5. The Labute approximate surface area is 91.9 Å². The van der Waals surface area contributed by atoms with Gasteiger partial charge in [-0.15, -0.1) is 0 Å². The second-order valence-electron chi connectivity index (χ2n) is 3.58. The fraction of sp³-hybridized carbons (Fsp3) is 0.538. The minimum atomic E-state index is -0.418. The molecule has 0 aliphatic carbocycles. The van der Waals surface area contributed by atoms with Gasteiger partial charge in [0.1, 0.15) is 5.75 Å². The first-order valence-corrected chi connectivity index (χ1v) is 5.66. The van der Waals surface area contributed by atoms with Crippen LogP contribution in [-0.4, -0.2) is 11.7 Å². The van der Waals surface area contributed by atoms with Crippen LogP contribution in [0.15, 0.2) is 18.2 Å². The standard InChI is InChI=1S/C13H20O2/c1-4-10-7-8-13(15-6-3)11(9-10)12(14)5-2/h7-9,12,14H,4-6H2,1-3H3. The summed E-state index contributed by atoms with van der Waals surface area (Å²) in [7, 11) is 0. The van der Waals surface area contributed by atoms with Crippen molar-refractivity contribution in [2.24, 2.45) is 0 Å². The van der Waals surface area contributed by atoms with Gasteiger partial charge >= 0.3 is 0 Å². The molecule has 1 atom stereocenters. The summed E-state index contributed by atoms with van der Waals surface area (Å²) in [6, 6.07) is 6.05. The molecule has 0 saturated carbocycles. The van der Waals surface area contributed by atoms with Crippen molar-refractivity contribution in [2.45, 2.75) is 39.7 Å². The second kappa shape index (κ2) is 5.76. The maximum absolute atomic E-state index is 9.88. The van der Waals surface area contributed by atoms with E-state index in [0.717, 1.165) is 17.7 Å². The van der Waals surface area contributed by atoms with Crippen molar-refractivity contribution in [3.63, 3.8) is 0 Å². The average Bonchev–Trinajstić information content (AvgIpc) is 2.29. The van der Waals surface area contributed by atoms with Crippen LogP contribution in [-0.2, 0) is 6.42 Å². The topological polar surface area (TPSA) is 29.5 Å². The van der Waals surface area contributed by atoms with Gasteiger partial charge in [-0.2, -0.15) is 0 Å². The van der Waals surface area contributed by atoms with Crippen molar-refractivity contribution in [1.82, 2.24) is 0 Å². The predicted octanol–water partition coefficient (Wildman–Crippen LogP) is 3.09. The van der Waals surface area contributed by atoms with Gasteiger partial charge in [0.25, 0.3) is 0 Å². The number of aliphatic hydroxyl groups excluding tert-OH is 1. The third-order valence-corrected chi connectivity index (χ3v) is 2.53. The Morgan fingerprint density at radius 3 is 2.53 bits per heavy atom. The molecule has 2 heteroatoms. The molecule has 2 nitrogen and oxygen atoms in total. The first-order chi connectivity index (χ1) is 7.22. The van der Waals surface area contributed by atoms with Crippen LogP contribution in [0.5, 0.6) is 5.75 Å². The fourth-order valence-corrected chi connectivity index (χ4v) is 1.59. The van der Waals surface area contributed by atoms with Gasteiger partial charge in [0.2, 0.25) is 0 Å². The van der Waals surface area contributed by atoms with E-state index in [1.807, 2.05) is 26.0 Å². The molecule has 84 valence electrons. The van der Waals surface area contributed by atoms with Crippen LogP contribution in [0.25, 0.3) is 0 Å². The highest BCUT2D eigenvalue weighted by Gasteiger charge is 2.11. The number of hydrogen-bond donors (Lipinski definition) is 1. The lowest BCUT2D eigenvalue weighted by Crippen LogP contribution is -2.02. The average molecular weight is 208 g/mol. The second-order valence-corrected chi connectivity index (χ2v) is 3.58. The molecule has 1 rings (SSSR count). The summed E-state index contributed by atoms with van der Waals surface area (Å²) in [4.78, 5) is 0. The van der Waals surface area contributed by atoms with Gasteiger partial charge in [-0.25, -0.2) is 0 Å². The Balaban J connectivity index is 3.04. The molecule has 1 aromatic rings. The number of benzene rings is 1. The van der Waals surface area contributed by atoms with Gasteiger partial charge < -0.3 is 9.84 Å². The molecule has 0 amide bonds. The molecule has 0 bridgehead atoms. The van der Waals surface area contributed by atoms with Crippen molar-refractivity contribution in [1.29, 1.82) is 0 Å². The molecule has 0 aliphatic rings. The minimum absolute atomic E-state index is 0.418. The zero-order valence-corrected chi connectivity index (χ0v) is 9.79. The summed E-state index contributed by atoms with van der Waals surface area (Å²) >= 11 is 0. The van der Waals surface area contributed by atoms with Gasteiger partial charge in [-0.05, 0) is 37.5 Å². The third-order valence-electron chi connectivity index (χ3n) is 2.53. The zero-order chi connectivity index (χ0) is 11.3. The predicted molar refractivity (Wildman–Crippen MR) is 62.2 cm³/mol. The zero-order valence-electron chi connectivity index (χ0n) is 9.79. The monoisotopic (exact) mass is 208 g/mol. The minimum Gasteiger partial charge on any atom is -0.493 e. The lowest BCUT2D eigenvalue weighted by Gasteiger charge is -2.15. The Hall–Kier alpha value is -1.02. The number of ether oxygens (including phenoxy) is 1. The lowest BCUT2D eigenvalue weighted by atomic mass is 10.0. The van der Waals surface area contributed by atoms with Crippen LogP contribution in [0.1, 0.15) is 44.4 Å². The largest absolute Gasteiger partial charge is 0.493 e. The molecule has 0 radical (unpaired) electrons. The molecule has 1 N–H and O–H groups in total. The van der Waals surface area contributed by atoms with Gasteiger partial charge in [-0.3, -0.25) is 0 Å². The van der Waals surface area contributed by atoms with Gasteiger partial charge in [0.15, 0.2) is 0 Å². The highest BCUT2D eigenvalue weighted by Crippen LogP contribution is 2.28. The Bertz CT molecular complexity index is 307. The Morgan fingerprint density at radius 2 is 2.00 bits per heavy atom. The van der Waals surface area contributed by atoms with E-state index in [0.29, 0.717) is 13.0 Å². The van der Waals surface area contributed by atoms with E-state index in [1.54, 1.807) is 0 Å². The molecule has 1 unspecified atom stereocenters. The highest BCUT2D eigenvalue weighted by atomic mass is 16.5. The first-order valence-electron chi connectivity index (χ1n) is 5.66. The Morgan fingerprint density at radius 1 is 1.27 bits per heavy atom. The number of rotatable bonds is 5. The molecule has 0 saturated heterocycles. The van der Waals surface area contributed by atoms with Crippen LogP contribution in [0, 0.1) is 0 Å². The smallest absolute Gasteiger partial charge is 0.125 e. The number of hydrogen-bond acceptors (Lipinski definition) is 2. The Kier molecular flexibility index (Phi) is 4.63. The third kappa shape index (κ3) is 2.96. The van der Waals surface area contributed by atoms with E-state index >= 15 is 0 Å². The molecule has 0 aromatic heterocycles. The summed E-state index contributed by atoms with van der Waals surface area (Å²) in [5.74, 6) is 0.809. The molecule has 0 heterocycles. The molecular weight excluding hydrogens is 188 g/mol. The van der Waals surface area contributed by atoms with Gasteiger partial charge in [0, 0.05) is 5.56 Å². The van der Waals surface area contributed by atoms with Crippen LogP contribution < -0.4 is 4.74 Å². The molecule has 0 fully saturated rings. The van der Waals surface area contributed by atoms with Crippen LogP contribution in [0.4, 0.5) is 0 Å². The molecule has 1 aromatic carbocycles. The van der Waals surface area contributed by atoms with Crippen molar-refractivity contribution < 1.29 is 9.84 Å². The van der Waals surface area contributed by atoms with E-state index in [-0.39, 0.29) is 0 Å². The summed E-state index contributed by atoms with van der Waals surface area (Å²) in [5, 5.41) is 9.88. The lowest BCUT2D eigenvalue weighted by molar-refractivity contribution is 0.167. The summed E-state index contributed by atoms with van der Waals surface area (Å²) < 4.78 is 5.50. The summed E-state index contributed by atoms with van der Waals surface area (Å²) in [5.41, 5.74) is 2.15. The van der Waals surface area contributed by atoms with Crippen molar-refractivity contribution in [2.75, 3.05) is 6.61 Å². The van der Waals surface area contributed by atoms with E-state index in [2.05, 4.69) is 13.0 Å². The van der Waals surface area contributed by atoms with Gasteiger partial charge in [-0.1, -0.05) is 19.9 Å². The van der Waals surface area contributed by atoms with Crippen molar-refractivity contribution in [3.8, 4) is 5.75 Å². The van der Waals surface area contributed by atoms with Crippen LogP contribution >= 0.6 is 0 Å². The van der Waals surface area contributed by atoms with E-state index in [1.165, 1.54) is 5.56 Å². The summed E-state index contributed by atoms with van der Waals surface area (Å²) in [6.45, 7) is 6.67. The van der Waals surface area contributed by atoms with Crippen molar-refractivity contribution in [3.05, 3.63) is 29.3 Å². The highest BCUT2D eigenvalue weighted by molar-refractivity contribution is 5.38. The quantitative estimate of drug-likeness (QED) is 0.805. The van der Waals surface area contributed by atoms with E-state index < -0.39 is 6.10 Å². The molecule has 0 aliphatic heterocycles. The molecule has 15 heavy (non-hydrogen) atoms. The fourth-order valence-electron chi connectivity index (χ4n) is 1.59.